The summed E-state index contributed by atoms with van der Waals surface area (Å²) in [5.41, 5.74) is -0.129. The van der Waals surface area contributed by atoms with Crippen LogP contribution < -0.4 is 19.7 Å². The normalized spacial score (nSPS) is 30.0. The Kier molecular flexibility index (Phi) is 4.14. The molecule has 0 saturated carbocycles. The highest BCUT2D eigenvalue weighted by atomic mass is 19.1. The zero-order valence-electron chi connectivity index (χ0n) is 18.1. The molecule has 3 saturated heterocycles. The molecule has 4 aliphatic rings. The number of imide groups is 1. The summed E-state index contributed by atoms with van der Waals surface area (Å²) < 4.78 is 25.0. The van der Waals surface area contributed by atoms with Gasteiger partial charge in [0, 0.05) is 23.4 Å². The van der Waals surface area contributed by atoms with Crippen LogP contribution in [0, 0.1) is 17.7 Å². The minimum atomic E-state index is -1.40. The number of carbonyl (C=O) groups is 3. The number of nitrogens with zero attached hydrogens (tertiary/aromatic N) is 2. The van der Waals surface area contributed by atoms with Gasteiger partial charge in [0.15, 0.2) is 11.5 Å². The van der Waals surface area contributed by atoms with Crippen LogP contribution in [0.4, 0.5) is 15.8 Å². The molecule has 3 fully saturated rings. The maximum absolute atomic E-state index is 14.3. The molecule has 4 atom stereocenters. The number of hydrogen-bond acceptors (Lipinski definition) is 6. The van der Waals surface area contributed by atoms with Crippen LogP contribution in [0.25, 0.3) is 0 Å². The summed E-state index contributed by atoms with van der Waals surface area (Å²) in [5, 5.41) is 2.84. The Balaban J connectivity index is 1.52. The van der Waals surface area contributed by atoms with Crippen LogP contribution in [0.2, 0.25) is 0 Å². The number of anilines is 2. The lowest BCUT2D eigenvalue weighted by Gasteiger charge is -2.36. The first-order chi connectivity index (χ1) is 15.9. The van der Waals surface area contributed by atoms with Gasteiger partial charge in [-0.15, -0.1) is 0 Å². The van der Waals surface area contributed by atoms with Crippen molar-refractivity contribution in [3.63, 3.8) is 0 Å². The Morgan fingerprint density at radius 1 is 1.03 bits per heavy atom. The zero-order valence-corrected chi connectivity index (χ0v) is 18.1. The van der Waals surface area contributed by atoms with Crippen molar-refractivity contribution < 1.29 is 28.2 Å². The molecule has 2 aromatic rings. The van der Waals surface area contributed by atoms with Gasteiger partial charge in [0.1, 0.15) is 11.4 Å². The highest BCUT2D eigenvalue weighted by molar-refractivity contribution is 6.26. The molecule has 4 aliphatic heterocycles. The first kappa shape index (κ1) is 20.2. The summed E-state index contributed by atoms with van der Waals surface area (Å²) >= 11 is 0. The number of carbonyl (C=O) groups excluding carboxylic acids is 3. The van der Waals surface area contributed by atoms with E-state index in [1.807, 2.05) is 4.90 Å². The molecule has 0 unspecified atom stereocenters. The number of nitrogens with one attached hydrogen (secondary N) is 1. The molecule has 0 aliphatic carbocycles. The van der Waals surface area contributed by atoms with Gasteiger partial charge in [-0.2, -0.15) is 0 Å². The summed E-state index contributed by atoms with van der Waals surface area (Å²) in [6.07, 6.45) is 1.49. The summed E-state index contributed by atoms with van der Waals surface area (Å²) in [6.45, 7) is 0.567. The lowest BCUT2D eigenvalue weighted by Crippen LogP contribution is -2.54. The van der Waals surface area contributed by atoms with E-state index < -0.39 is 29.1 Å². The highest BCUT2D eigenvalue weighted by Gasteiger charge is 2.74. The molecule has 1 N–H and O–H groups in total. The molecule has 170 valence electrons. The minimum Gasteiger partial charge on any atom is -0.493 e. The number of halogens is 1. The Hall–Kier alpha value is -3.46. The largest absolute Gasteiger partial charge is 0.493 e. The van der Waals surface area contributed by atoms with Crippen molar-refractivity contribution in [3.05, 3.63) is 47.8 Å². The van der Waals surface area contributed by atoms with Gasteiger partial charge in [-0.1, -0.05) is 0 Å². The van der Waals surface area contributed by atoms with E-state index in [9.17, 15) is 18.8 Å². The highest BCUT2D eigenvalue weighted by Crippen LogP contribution is 2.60. The quantitative estimate of drug-likeness (QED) is 0.721. The third-order valence-corrected chi connectivity index (χ3v) is 7.58. The van der Waals surface area contributed by atoms with Crippen molar-refractivity contribution in [2.45, 2.75) is 24.4 Å². The van der Waals surface area contributed by atoms with Crippen molar-refractivity contribution in [1.82, 2.24) is 4.90 Å². The molecule has 1 spiro atoms. The number of benzene rings is 2. The zero-order chi connectivity index (χ0) is 23.1. The average Bonchev–Trinajstić information content (AvgIpc) is 3.52. The Morgan fingerprint density at radius 2 is 1.82 bits per heavy atom. The fourth-order valence-corrected chi connectivity index (χ4v) is 6.39. The molecule has 0 radical (unpaired) electrons. The van der Waals surface area contributed by atoms with Crippen LogP contribution in [0.1, 0.15) is 18.4 Å². The number of methoxy groups -OCH3 is 2. The van der Waals surface area contributed by atoms with Gasteiger partial charge in [0.2, 0.25) is 17.7 Å². The summed E-state index contributed by atoms with van der Waals surface area (Å²) in [5.74, 6) is -2.44. The van der Waals surface area contributed by atoms with Gasteiger partial charge in [0.05, 0.1) is 31.7 Å². The van der Waals surface area contributed by atoms with E-state index in [4.69, 9.17) is 9.47 Å². The van der Waals surface area contributed by atoms with Crippen LogP contribution in [0.5, 0.6) is 11.5 Å². The maximum atomic E-state index is 14.3. The van der Waals surface area contributed by atoms with Gasteiger partial charge < -0.3 is 14.8 Å². The number of rotatable bonds is 3. The van der Waals surface area contributed by atoms with Gasteiger partial charge in [-0.05, 0) is 49.7 Å². The van der Waals surface area contributed by atoms with Crippen LogP contribution in [-0.4, -0.2) is 49.4 Å². The molecule has 0 bridgehead atoms. The standard InChI is InChI=1S/C24H22FN3O5/c1-32-17-8-6-13(11-18(17)33-2)28-21(29)19-16-4-3-9-27(16)24(20(19)22(28)30)14-10-12(25)5-7-15(14)26-23(24)31/h5-8,10-11,16,19-20H,3-4,9H2,1-2H3,(H,26,31)/t16-,19-,20-,24+/m0/s1. The monoisotopic (exact) mass is 451 g/mol. The van der Waals surface area contributed by atoms with E-state index in [0.717, 1.165) is 11.3 Å². The second-order valence-corrected chi connectivity index (χ2v) is 8.87. The third-order valence-electron chi connectivity index (χ3n) is 7.58. The van der Waals surface area contributed by atoms with Crippen LogP contribution in [0.3, 0.4) is 0 Å². The van der Waals surface area contributed by atoms with Crippen molar-refractivity contribution in [1.29, 1.82) is 0 Å². The molecular formula is C24H22FN3O5. The number of fused-ring (bicyclic) bond motifs is 7. The number of hydrogen-bond donors (Lipinski definition) is 1. The van der Waals surface area contributed by atoms with E-state index in [1.165, 1.54) is 32.4 Å². The fourth-order valence-electron chi connectivity index (χ4n) is 6.39. The maximum Gasteiger partial charge on any atom is 0.250 e. The van der Waals surface area contributed by atoms with Crippen LogP contribution in [-0.2, 0) is 19.9 Å². The lowest BCUT2D eigenvalue weighted by atomic mass is 9.75. The molecule has 4 heterocycles. The van der Waals surface area contributed by atoms with Gasteiger partial charge >= 0.3 is 0 Å². The van der Waals surface area contributed by atoms with Crippen LogP contribution >= 0.6 is 0 Å². The third kappa shape index (κ3) is 2.35. The first-order valence-corrected chi connectivity index (χ1v) is 10.9. The predicted molar refractivity (Wildman–Crippen MR) is 115 cm³/mol. The lowest BCUT2D eigenvalue weighted by molar-refractivity contribution is -0.135. The van der Waals surface area contributed by atoms with Crippen LogP contribution in [0.15, 0.2) is 36.4 Å². The van der Waals surface area contributed by atoms with E-state index in [0.29, 0.717) is 41.4 Å². The Bertz CT molecular complexity index is 1230. The Morgan fingerprint density at radius 3 is 2.58 bits per heavy atom. The molecular weight excluding hydrogens is 429 g/mol. The van der Waals surface area contributed by atoms with E-state index in [2.05, 4.69) is 5.32 Å². The second kappa shape index (κ2) is 6.77. The molecule has 8 nitrogen and oxygen atoms in total. The van der Waals surface area contributed by atoms with E-state index in [1.54, 1.807) is 18.2 Å². The van der Waals surface area contributed by atoms with Crippen molar-refractivity contribution >= 4 is 29.1 Å². The predicted octanol–water partition coefficient (Wildman–Crippen LogP) is 2.27. The van der Waals surface area contributed by atoms with Crippen molar-refractivity contribution in [2.75, 3.05) is 31.0 Å². The van der Waals surface area contributed by atoms with Crippen molar-refractivity contribution in [2.24, 2.45) is 11.8 Å². The molecule has 0 aromatic heterocycles. The number of amides is 3. The topological polar surface area (TPSA) is 88.2 Å². The van der Waals surface area contributed by atoms with Gasteiger partial charge in [-0.25, -0.2) is 9.29 Å². The molecule has 33 heavy (non-hydrogen) atoms. The smallest absolute Gasteiger partial charge is 0.250 e. The van der Waals surface area contributed by atoms with Gasteiger partial charge in [-0.3, -0.25) is 19.3 Å². The van der Waals surface area contributed by atoms with Gasteiger partial charge in [0.25, 0.3) is 0 Å². The molecule has 3 amide bonds. The molecule has 9 heteroatoms. The number of ether oxygens (including phenoxy) is 2. The summed E-state index contributed by atoms with van der Waals surface area (Å²) in [7, 11) is 2.98. The molecule has 2 aromatic carbocycles. The summed E-state index contributed by atoms with van der Waals surface area (Å²) in [4.78, 5) is 44.3. The second-order valence-electron chi connectivity index (χ2n) is 8.87. The SMILES string of the molecule is COc1ccc(N2C(=O)[C@@H]3[C@@H](C2=O)[C@]2(C(=O)Nc4ccc(F)cc42)N2CCC[C@@H]32)cc1OC. The van der Waals surface area contributed by atoms with Crippen molar-refractivity contribution in [3.8, 4) is 11.5 Å². The average molecular weight is 451 g/mol. The molecule has 6 rings (SSSR count). The minimum absolute atomic E-state index is 0.267. The van der Waals surface area contributed by atoms with E-state index >= 15 is 0 Å². The fraction of sp³-hybridized carbons (Fsp3) is 0.375. The van der Waals surface area contributed by atoms with E-state index in [-0.39, 0.29) is 17.9 Å². The first-order valence-electron chi connectivity index (χ1n) is 10.9. The Labute approximate surface area is 189 Å². The summed E-state index contributed by atoms with van der Waals surface area (Å²) in [6, 6.07) is 8.69.